The SMILES string of the molecule is COC(=O)c1cc(CNC(=O)C2CCOC2)ccc1Cl. The molecule has 1 N–H and O–H groups in total. The number of carbonyl (C=O) groups is 2. The molecule has 1 aliphatic rings. The number of amides is 1. The van der Waals surface area contributed by atoms with Gasteiger partial charge in [-0.25, -0.2) is 4.79 Å². The average molecular weight is 298 g/mol. The topological polar surface area (TPSA) is 64.6 Å². The predicted molar refractivity (Wildman–Crippen MR) is 73.6 cm³/mol. The lowest BCUT2D eigenvalue weighted by Crippen LogP contribution is -2.30. The number of halogens is 1. The lowest BCUT2D eigenvalue weighted by molar-refractivity contribution is -0.125. The lowest BCUT2D eigenvalue weighted by atomic mass is 10.1. The van der Waals surface area contributed by atoms with Gasteiger partial charge in [0.1, 0.15) is 0 Å². The van der Waals surface area contributed by atoms with E-state index in [1.165, 1.54) is 7.11 Å². The molecule has 1 aromatic rings. The second-order valence-electron chi connectivity index (χ2n) is 4.58. The Bertz CT molecular complexity index is 512. The van der Waals surface area contributed by atoms with Crippen molar-refractivity contribution in [2.45, 2.75) is 13.0 Å². The number of methoxy groups -OCH3 is 1. The number of benzene rings is 1. The zero-order valence-electron chi connectivity index (χ0n) is 11.1. The largest absolute Gasteiger partial charge is 0.465 e. The Morgan fingerprint density at radius 2 is 2.30 bits per heavy atom. The molecule has 1 unspecified atom stereocenters. The Morgan fingerprint density at radius 1 is 1.50 bits per heavy atom. The van der Waals surface area contributed by atoms with Crippen LogP contribution in [-0.4, -0.2) is 32.2 Å². The van der Waals surface area contributed by atoms with E-state index in [1.807, 2.05) is 0 Å². The maximum Gasteiger partial charge on any atom is 0.339 e. The predicted octanol–water partition coefficient (Wildman–Crippen LogP) is 1.78. The van der Waals surface area contributed by atoms with Gasteiger partial charge in [0, 0.05) is 13.2 Å². The highest BCUT2D eigenvalue weighted by atomic mass is 35.5. The molecule has 0 radical (unpaired) electrons. The quantitative estimate of drug-likeness (QED) is 0.861. The van der Waals surface area contributed by atoms with Crippen molar-refractivity contribution in [3.63, 3.8) is 0 Å². The first-order valence-corrected chi connectivity index (χ1v) is 6.72. The molecule has 0 bridgehead atoms. The number of nitrogens with one attached hydrogen (secondary N) is 1. The molecular formula is C14H16ClNO4. The third-order valence-corrected chi connectivity index (χ3v) is 3.53. The van der Waals surface area contributed by atoms with Gasteiger partial charge >= 0.3 is 5.97 Å². The molecular weight excluding hydrogens is 282 g/mol. The van der Waals surface area contributed by atoms with Gasteiger partial charge in [-0.1, -0.05) is 17.7 Å². The molecule has 1 aliphatic heterocycles. The number of carbonyl (C=O) groups excluding carboxylic acids is 2. The van der Waals surface area contributed by atoms with Gasteiger partial charge in [-0.2, -0.15) is 0 Å². The van der Waals surface area contributed by atoms with Crippen LogP contribution in [0.1, 0.15) is 22.3 Å². The van der Waals surface area contributed by atoms with Gasteiger partial charge in [-0.15, -0.1) is 0 Å². The molecule has 1 saturated heterocycles. The van der Waals surface area contributed by atoms with Crippen molar-refractivity contribution in [2.75, 3.05) is 20.3 Å². The third-order valence-electron chi connectivity index (χ3n) is 3.20. The minimum Gasteiger partial charge on any atom is -0.465 e. The Labute approximate surface area is 122 Å². The minimum absolute atomic E-state index is 0.0305. The van der Waals surface area contributed by atoms with Crippen LogP contribution in [0.2, 0.25) is 5.02 Å². The second kappa shape index (κ2) is 6.72. The molecule has 1 aromatic carbocycles. The molecule has 1 heterocycles. The van der Waals surface area contributed by atoms with Crippen molar-refractivity contribution in [3.05, 3.63) is 34.3 Å². The van der Waals surface area contributed by atoms with Crippen molar-refractivity contribution in [1.29, 1.82) is 0 Å². The first-order chi connectivity index (χ1) is 9.61. The van der Waals surface area contributed by atoms with Gasteiger partial charge in [0.15, 0.2) is 0 Å². The van der Waals surface area contributed by atoms with Crippen LogP contribution in [-0.2, 0) is 20.8 Å². The van der Waals surface area contributed by atoms with E-state index in [-0.39, 0.29) is 11.8 Å². The summed E-state index contributed by atoms with van der Waals surface area (Å²) in [5.41, 5.74) is 1.09. The molecule has 1 atom stereocenters. The van der Waals surface area contributed by atoms with E-state index in [2.05, 4.69) is 10.1 Å². The van der Waals surface area contributed by atoms with Gasteiger partial charge in [0.05, 0.1) is 30.2 Å². The van der Waals surface area contributed by atoms with Crippen LogP contribution in [0.5, 0.6) is 0 Å². The fraction of sp³-hybridized carbons (Fsp3) is 0.429. The smallest absolute Gasteiger partial charge is 0.339 e. The summed E-state index contributed by atoms with van der Waals surface area (Å²) in [4.78, 5) is 23.4. The molecule has 0 spiro atoms. The summed E-state index contributed by atoms with van der Waals surface area (Å²) >= 11 is 5.93. The highest BCUT2D eigenvalue weighted by Crippen LogP contribution is 2.19. The third kappa shape index (κ3) is 3.49. The summed E-state index contributed by atoms with van der Waals surface area (Å²) in [7, 11) is 1.30. The van der Waals surface area contributed by atoms with E-state index in [0.717, 1.165) is 12.0 Å². The van der Waals surface area contributed by atoms with Crippen molar-refractivity contribution in [1.82, 2.24) is 5.32 Å². The van der Waals surface area contributed by atoms with Crippen LogP contribution >= 0.6 is 11.6 Å². The molecule has 108 valence electrons. The highest BCUT2D eigenvalue weighted by molar-refractivity contribution is 6.33. The molecule has 0 aliphatic carbocycles. The van der Waals surface area contributed by atoms with Crippen LogP contribution in [0.4, 0.5) is 0 Å². The maximum atomic E-state index is 11.9. The van der Waals surface area contributed by atoms with Gasteiger partial charge in [-0.05, 0) is 24.1 Å². The number of hydrogen-bond acceptors (Lipinski definition) is 4. The Kier molecular flexibility index (Phi) is 4.98. The van der Waals surface area contributed by atoms with E-state index in [1.54, 1.807) is 18.2 Å². The summed E-state index contributed by atoms with van der Waals surface area (Å²) in [6, 6.07) is 5.01. The van der Waals surface area contributed by atoms with Gasteiger partial charge in [-0.3, -0.25) is 4.79 Å². The van der Waals surface area contributed by atoms with Crippen molar-refractivity contribution < 1.29 is 19.1 Å². The molecule has 2 rings (SSSR count). The maximum absolute atomic E-state index is 11.9. The summed E-state index contributed by atoms with van der Waals surface area (Å²) < 4.78 is 9.82. The minimum atomic E-state index is -0.493. The zero-order valence-corrected chi connectivity index (χ0v) is 11.9. The number of hydrogen-bond donors (Lipinski definition) is 1. The molecule has 0 saturated carbocycles. The van der Waals surface area contributed by atoms with Crippen molar-refractivity contribution in [3.8, 4) is 0 Å². The average Bonchev–Trinajstić information content (AvgIpc) is 2.99. The van der Waals surface area contributed by atoms with Crippen LogP contribution in [0.25, 0.3) is 0 Å². The van der Waals surface area contributed by atoms with E-state index in [9.17, 15) is 9.59 Å². The van der Waals surface area contributed by atoms with Crippen LogP contribution < -0.4 is 5.32 Å². The molecule has 5 nitrogen and oxygen atoms in total. The van der Waals surface area contributed by atoms with Gasteiger partial charge < -0.3 is 14.8 Å². The molecule has 20 heavy (non-hydrogen) atoms. The summed E-state index contributed by atoms with van der Waals surface area (Å²) in [5.74, 6) is -0.605. The van der Waals surface area contributed by atoms with E-state index >= 15 is 0 Å². The van der Waals surface area contributed by atoms with Crippen molar-refractivity contribution >= 4 is 23.5 Å². The summed E-state index contributed by atoms with van der Waals surface area (Å²) in [6.07, 6.45) is 0.750. The van der Waals surface area contributed by atoms with Crippen LogP contribution in [0.3, 0.4) is 0 Å². The second-order valence-corrected chi connectivity index (χ2v) is 4.99. The molecule has 0 aromatic heterocycles. The number of ether oxygens (including phenoxy) is 2. The molecule has 1 amide bonds. The molecule has 1 fully saturated rings. The summed E-state index contributed by atoms with van der Waals surface area (Å²) in [5, 5.41) is 3.16. The van der Waals surface area contributed by atoms with Crippen LogP contribution in [0.15, 0.2) is 18.2 Å². The van der Waals surface area contributed by atoms with Crippen molar-refractivity contribution in [2.24, 2.45) is 5.92 Å². The van der Waals surface area contributed by atoms with Gasteiger partial charge in [0.25, 0.3) is 0 Å². The number of esters is 1. The van der Waals surface area contributed by atoms with Crippen LogP contribution in [0, 0.1) is 5.92 Å². The molecule has 6 heteroatoms. The Hall–Kier alpha value is -1.59. The van der Waals surface area contributed by atoms with E-state index < -0.39 is 5.97 Å². The fourth-order valence-electron chi connectivity index (χ4n) is 2.02. The number of rotatable bonds is 4. The first kappa shape index (κ1) is 14.8. The highest BCUT2D eigenvalue weighted by Gasteiger charge is 2.23. The lowest BCUT2D eigenvalue weighted by Gasteiger charge is -2.10. The van der Waals surface area contributed by atoms with Gasteiger partial charge in [0.2, 0.25) is 5.91 Å². The Morgan fingerprint density at radius 3 is 2.95 bits per heavy atom. The normalized spacial score (nSPS) is 17.8. The standard InChI is InChI=1S/C14H16ClNO4/c1-19-14(18)11-6-9(2-3-12(11)15)7-16-13(17)10-4-5-20-8-10/h2-3,6,10H,4-5,7-8H2,1H3,(H,16,17). The first-order valence-electron chi connectivity index (χ1n) is 6.34. The monoisotopic (exact) mass is 297 g/mol. The Balaban J connectivity index is 1.99. The summed E-state index contributed by atoms with van der Waals surface area (Å²) in [6.45, 7) is 1.45. The van der Waals surface area contributed by atoms with E-state index in [4.69, 9.17) is 16.3 Å². The zero-order chi connectivity index (χ0) is 14.5. The fourth-order valence-corrected chi connectivity index (χ4v) is 2.22. The van der Waals surface area contributed by atoms with E-state index in [0.29, 0.717) is 30.3 Å².